The highest BCUT2D eigenvalue weighted by molar-refractivity contribution is 5.96. The number of nitrogens with zero attached hydrogens (tertiary/aromatic N) is 6. The van der Waals surface area contributed by atoms with Gasteiger partial charge < -0.3 is 36.0 Å². The third-order valence-corrected chi connectivity index (χ3v) is 9.39. The van der Waals surface area contributed by atoms with E-state index in [0.717, 1.165) is 64.3 Å². The fourth-order valence-corrected chi connectivity index (χ4v) is 6.81. The van der Waals surface area contributed by atoms with Gasteiger partial charge in [-0.15, -0.1) is 0 Å². The molecule has 0 radical (unpaired) electrons. The zero-order valence-electron chi connectivity index (χ0n) is 23.4. The number of benzene rings is 1. The largest absolute Gasteiger partial charge is 0.371 e. The zero-order valence-corrected chi connectivity index (χ0v) is 23.4. The van der Waals surface area contributed by atoms with Crippen LogP contribution in [-0.4, -0.2) is 97.2 Å². The summed E-state index contributed by atoms with van der Waals surface area (Å²) in [6.07, 6.45) is 8.61. The van der Waals surface area contributed by atoms with E-state index in [1.54, 1.807) is 11.1 Å². The maximum Gasteiger partial charge on any atom is 0.320 e. The van der Waals surface area contributed by atoms with Gasteiger partial charge >= 0.3 is 6.03 Å². The Morgan fingerprint density at radius 1 is 1.02 bits per heavy atom. The van der Waals surface area contributed by atoms with Crippen LogP contribution in [0, 0.1) is 5.41 Å². The second kappa shape index (κ2) is 11.1. The lowest BCUT2D eigenvalue weighted by molar-refractivity contribution is 0.0996. The lowest BCUT2D eigenvalue weighted by atomic mass is 9.71. The number of likely N-dealkylation sites (N-methyl/N-ethyl adjacent to an activating group) is 1. The summed E-state index contributed by atoms with van der Waals surface area (Å²) < 4.78 is 0. The molecule has 4 fully saturated rings. The molecule has 6 rings (SSSR count). The molecule has 1 unspecified atom stereocenters. The van der Waals surface area contributed by atoms with Crippen LogP contribution in [0.4, 0.5) is 27.8 Å². The molecule has 0 bridgehead atoms. The smallest absolute Gasteiger partial charge is 0.320 e. The minimum atomic E-state index is -0.624. The number of piperidine rings is 3. The molecule has 4 aliphatic rings. The van der Waals surface area contributed by atoms with Gasteiger partial charge in [0.05, 0.1) is 12.2 Å². The zero-order chi connectivity index (χ0) is 27.7. The highest BCUT2D eigenvalue weighted by Gasteiger charge is 2.36. The van der Waals surface area contributed by atoms with Crippen molar-refractivity contribution in [3.05, 3.63) is 36.2 Å². The lowest BCUT2D eigenvalue weighted by Gasteiger charge is -2.45. The van der Waals surface area contributed by atoms with Crippen LogP contribution < -0.4 is 26.2 Å². The summed E-state index contributed by atoms with van der Waals surface area (Å²) >= 11 is 0. The van der Waals surface area contributed by atoms with E-state index in [2.05, 4.69) is 37.6 Å². The summed E-state index contributed by atoms with van der Waals surface area (Å²) in [5.74, 6) is 0.400. The molecule has 40 heavy (non-hydrogen) atoms. The molecular formula is C29H41N9O2. The Morgan fingerprint density at radius 2 is 1.77 bits per heavy atom. The molecule has 0 aliphatic carbocycles. The fourth-order valence-electron chi connectivity index (χ4n) is 6.81. The molecule has 11 heteroatoms. The van der Waals surface area contributed by atoms with E-state index in [4.69, 9.17) is 10.7 Å². The summed E-state index contributed by atoms with van der Waals surface area (Å²) in [4.78, 5) is 42.3. The number of aromatic nitrogens is 2. The van der Waals surface area contributed by atoms with Crippen LogP contribution >= 0.6 is 0 Å². The molecule has 4 saturated heterocycles. The number of carbonyl (C=O) groups excluding carboxylic acids is 2. The Kier molecular flexibility index (Phi) is 7.39. The van der Waals surface area contributed by atoms with Gasteiger partial charge in [0, 0.05) is 57.7 Å². The van der Waals surface area contributed by atoms with E-state index in [0.29, 0.717) is 23.6 Å². The van der Waals surface area contributed by atoms with Crippen molar-refractivity contribution >= 4 is 34.9 Å². The van der Waals surface area contributed by atoms with Crippen molar-refractivity contribution in [2.45, 2.75) is 44.6 Å². The van der Waals surface area contributed by atoms with Crippen molar-refractivity contribution in [2.75, 3.05) is 74.5 Å². The van der Waals surface area contributed by atoms with Crippen molar-refractivity contribution in [3.63, 3.8) is 0 Å². The van der Waals surface area contributed by atoms with E-state index in [1.165, 1.54) is 31.4 Å². The molecule has 4 N–H and O–H groups in total. The van der Waals surface area contributed by atoms with Crippen LogP contribution in [-0.2, 0) is 0 Å². The molecule has 5 heterocycles. The quantitative estimate of drug-likeness (QED) is 0.505. The highest BCUT2D eigenvalue weighted by atomic mass is 16.2. The first kappa shape index (κ1) is 26.6. The van der Waals surface area contributed by atoms with Crippen LogP contribution in [0.3, 0.4) is 0 Å². The van der Waals surface area contributed by atoms with Crippen molar-refractivity contribution in [1.82, 2.24) is 25.1 Å². The molecule has 0 saturated carbocycles. The number of anilines is 4. The molecule has 2 aromatic rings. The number of rotatable bonds is 6. The Bertz CT molecular complexity index is 1220. The third kappa shape index (κ3) is 5.39. The van der Waals surface area contributed by atoms with E-state index < -0.39 is 5.91 Å². The molecule has 1 aromatic carbocycles. The van der Waals surface area contributed by atoms with Crippen molar-refractivity contribution in [1.29, 1.82) is 0 Å². The summed E-state index contributed by atoms with van der Waals surface area (Å²) in [5, 5.41) is 6.79. The van der Waals surface area contributed by atoms with Crippen molar-refractivity contribution in [2.24, 2.45) is 11.1 Å². The average Bonchev–Trinajstić information content (AvgIpc) is 3.32. The molecule has 4 aliphatic heterocycles. The first-order valence-corrected chi connectivity index (χ1v) is 14.7. The number of amides is 3. The minimum Gasteiger partial charge on any atom is -0.371 e. The Morgan fingerprint density at radius 3 is 2.45 bits per heavy atom. The molecule has 11 nitrogen and oxygen atoms in total. The van der Waals surface area contributed by atoms with Crippen LogP contribution in [0.15, 0.2) is 30.5 Å². The number of hydrogen-bond donors (Lipinski definition) is 3. The number of urea groups is 1. The number of nitrogens with one attached hydrogen (secondary N) is 2. The lowest BCUT2D eigenvalue weighted by Crippen LogP contribution is -2.49. The van der Waals surface area contributed by atoms with Crippen molar-refractivity contribution in [3.8, 4) is 0 Å². The second-order valence-electron chi connectivity index (χ2n) is 11.8. The van der Waals surface area contributed by atoms with E-state index in [1.807, 2.05) is 24.1 Å². The first-order chi connectivity index (χ1) is 19.4. The van der Waals surface area contributed by atoms with E-state index in [-0.39, 0.29) is 17.8 Å². The third-order valence-electron chi connectivity index (χ3n) is 9.39. The van der Waals surface area contributed by atoms with Crippen LogP contribution in [0.2, 0.25) is 0 Å². The van der Waals surface area contributed by atoms with Gasteiger partial charge in [-0.2, -0.15) is 0 Å². The summed E-state index contributed by atoms with van der Waals surface area (Å²) in [5.41, 5.74) is 8.33. The Labute approximate surface area is 236 Å². The Balaban J connectivity index is 1.14. The van der Waals surface area contributed by atoms with E-state index in [9.17, 15) is 9.59 Å². The first-order valence-electron chi connectivity index (χ1n) is 14.7. The molecule has 214 valence electrons. The molecule has 1 atom stereocenters. The Hall–Kier alpha value is -3.60. The topological polar surface area (TPSA) is 123 Å². The van der Waals surface area contributed by atoms with E-state index >= 15 is 0 Å². The number of carbonyl (C=O) groups is 2. The van der Waals surface area contributed by atoms with Crippen LogP contribution in [0.1, 0.15) is 49.0 Å². The monoisotopic (exact) mass is 547 g/mol. The van der Waals surface area contributed by atoms with Gasteiger partial charge in [0.15, 0.2) is 11.5 Å². The normalized spacial score (nSPS) is 23.1. The predicted molar refractivity (Wildman–Crippen MR) is 156 cm³/mol. The number of hydrogen-bond acceptors (Lipinski definition) is 8. The molecular weight excluding hydrogens is 506 g/mol. The van der Waals surface area contributed by atoms with Gasteiger partial charge in [0.1, 0.15) is 5.82 Å². The second-order valence-corrected chi connectivity index (χ2v) is 11.8. The van der Waals surface area contributed by atoms with Gasteiger partial charge in [0.2, 0.25) is 0 Å². The van der Waals surface area contributed by atoms with Gasteiger partial charge in [-0.05, 0) is 81.3 Å². The minimum absolute atomic E-state index is 0.0863. The summed E-state index contributed by atoms with van der Waals surface area (Å²) in [6, 6.07) is 8.52. The SMILES string of the molecule is CN1CCN(C2CCCN(c3cnc(C(N)=O)c(Nc4ccc(N5CCC6(CCNCC6)CC5)cc4)n3)C2)C1=O. The molecule has 3 amide bonds. The standard InChI is InChI=1S/C29H41N9O2/c1-35-17-18-38(28(35)40)23-3-2-14-37(20-23)24-19-32-25(26(30)39)27(34-24)33-21-4-6-22(7-5-21)36-15-10-29(11-16-36)8-12-31-13-9-29/h4-7,19,23,31H,2-3,8-18,20H2,1H3,(H2,30,39)(H,33,34). The van der Waals surface area contributed by atoms with Gasteiger partial charge in [-0.1, -0.05) is 0 Å². The fraction of sp³-hybridized carbons (Fsp3) is 0.586. The van der Waals surface area contributed by atoms with Gasteiger partial charge in [-0.25, -0.2) is 14.8 Å². The van der Waals surface area contributed by atoms with Crippen LogP contribution in [0.25, 0.3) is 0 Å². The predicted octanol–water partition coefficient (Wildman–Crippen LogP) is 2.63. The summed E-state index contributed by atoms with van der Waals surface area (Å²) in [6.45, 7) is 7.47. The van der Waals surface area contributed by atoms with Gasteiger partial charge in [0.25, 0.3) is 5.91 Å². The average molecular weight is 548 g/mol. The maximum absolute atomic E-state index is 12.6. The van der Waals surface area contributed by atoms with Crippen molar-refractivity contribution < 1.29 is 9.59 Å². The molecule has 1 spiro atoms. The number of nitrogens with two attached hydrogens (primary N) is 1. The number of primary amides is 1. The summed E-state index contributed by atoms with van der Waals surface area (Å²) in [7, 11) is 1.85. The molecule has 1 aromatic heterocycles. The van der Waals surface area contributed by atoms with Gasteiger partial charge in [-0.3, -0.25) is 4.79 Å². The maximum atomic E-state index is 12.6. The highest BCUT2D eigenvalue weighted by Crippen LogP contribution is 2.40. The van der Waals surface area contributed by atoms with Crippen LogP contribution in [0.5, 0.6) is 0 Å².